The van der Waals surface area contributed by atoms with E-state index in [9.17, 15) is 4.39 Å². The molecule has 14 heavy (non-hydrogen) atoms. The maximum Gasteiger partial charge on any atom is 0.223 e. The topological polar surface area (TPSA) is 37.8 Å². The zero-order valence-corrected chi connectivity index (χ0v) is 8.00. The first-order valence-corrected chi connectivity index (χ1v) is 4.43. The summed E-state index contributed by atoms with van der Waals surface area (Å²) in [5.74, 6) is 2.52. The Labute approximate surface area is 82.8 Å². The quantitative estimate of drug-likeness (QED) is 0.741. The number of anilines is 1. The summed E-state index contributed by atoms with van der Waals surface area (Å²) in [4.78, 5) is 7.56. The van der Waals surface area contributed by atoms with Crippen LogP contribution in [0.1, 0.15) is 19.8 Å². The molecule has 0 spiro atoms. The van der Waals surface area contributed by atoms with Crippen LogP contribution in [0.4, 0.5) is 10.3 Å². The van der Waals surface area contributed by atoms with Gasteiger partial charge in [0.1, 0.15) is 0 Å². The molecule has 1 heterocycles. The molecule has 4 heteroatoms. The molecule has 0 fully saturated rings. The highest BCUT2D eigenvalue weighted by molar-refractivity contribution is 5.25. The molecule has 74 valence electrons. The molecule has 0 radical (unpaired) electrons. The van der Waals surface area contributed by atoms with Gasteiger partial charge < -0.3 is 5.32 Å². The average Bonchev–Trinajstić information content (AvgIpc) is 2.20. The van der Waals surface area contributed by atoms with E-state index in [1.165, 1.54) is 0 Å². The van der Waals surface area contributed by atoms with E-state index in [4.69, 9.17) is 6.42 Å². The molecule has 0 saturated carbocycles. The van der Waals surface area contributed by atoms with E-state index >= 15 is 0 Å². The number of halogens is 1. The molecule has 0 amide bonds. The Bertz CT molecular complexity index is 315. The van der Waals surface area contributed by atoms with Gasteiger partial charge in [-0.25, -0.2) is 14.4 Å². The predicted molar refractivity (Wildman–Crippen MR) is 53.1 cm³/mol. The van der Waals surface area contributed by atoms with E-state index in [2.05, 4.69) is 21.2 Å². The van der Waals surface area contributed by atoms with Gasteiger partial charge in [-0.05, 0) is 6.42 Å². The number of hydrogen-bond donors (Lipinski definition) is 1. The zero-order chi connectivity index (χ0) is 10.4. The lowest BCUT2D eigenvalue weighted by molar-refractivity contribution is 0.612. The second kappa shape index (κ2) is 5.18. The number of hydrogen-bond acceptors (Lipinski definition) is 3. The van der Waals surface area contributed by atoms with Crippen molar-refractivity contribution in [3.05, 3.63) is 18.2 Å². The van der Waals surface area contributed by atoms with Crippen LogP contribution in [0.2, 0.25) is 0 Å². The third-order valence-corrected chi connectivity index (χ3v) is 1.81. The highest BCUT2D eigenvalue weighted by Gasteiger charge is 2.05. The van der Waals surface area contributed by atoms with Crippen molar-refractivity contribution >= 4 is 5.95 Å². The lowest BCUT2D eigenvalue weighted by atomic mass is 10.2. The second-order valence-corrected chi connectivity index (χ2v) is 2.88. The highest BCUT2D eigenvalue weighted by atomic mass is 19.1. The molecule has 1 aromatic heterocycles. The molecule has 1 N–H and O–H groups in total. The standard InChI is InChI=1S/C10H12FN3/c1-3-5-9(4-2)14-10-12-6-8(11)7-13-10/h1,6-7,9H,4-5H2,2H3,(H,12,13,14). The van der Waals surface area contributed by atoms with Crippen molar-refractivity contribution in [2.24, 2.45) is 0 Å². The van der Waals surface area contributed by atoms with Crippen molar-refractivity contribution in [1.82, 2.24) is 9.97 Å². The third kappa shape index (κ3) is 3.02. The smallest absolute Gasteiger partial charge is 0.223 e. The van der Waals surface area contributed by atoms with Gasteiger partial charge in [-0.3, -0.25) is 0 Å². The molecule has 0 bridgehead atoms. The van der Waals surface area contributed by atoms with Gasteiger partial charge in [-0.15, -0.1) is 12.3 Å². The normalized spacial score (nSPS) is 11.8. The minimum atomic E-state index is -0.444. The van der Waals surface area contributed by atoms with Crippen LogP contribution in [0.25, 0.3) is 0 Å². The molecule has 1 atom stereocenters. The van der Waals surface area contributed by atoms with Gasteiger partial charge in [0.15, 0.2) is 5.82 Å². The van der Waals surface area contributed by atoms with E-state index in [0.717, 1.165) is 18.8 Å². The molecule has 0 aliphatic heterocycles. The fraction of sp³-hybridized carbons (Fsp3) is 0.400. The van der Waals surface area contributed by atoms with Crippen LogP contribution < -0.4 is 5.32 Å². The first-order chi connectivity index (χ1) is 6.76. The lowest BCUT2D eigenvalue weighted by Crippen LogP contribution is -2.19. The minimum Gasteiger partial charge on any atom is -0.351 e. The fourth-order valence-electron chi connectivity index (χ4n) is 1.01. The van der Waals surface area contributed by atoms with Crippen LogP contribution in [0.3, 0.4) is 0 Å². The fourth-order valence-corrected chi connectivity index (χ4v) is 1.01. The number of nitrogens with zero attached hydrogens (tertiary/aromatic N) is 2. The van der Waals surface area contributed by atoms with E-state index in [0.29, 0.717) is 12.4 Å². The zero-order valence-electron chi connectivity index (χ0n) is 8.00. The molecule has 1 rings (SSSR count). The number of terminal acetylenes is 1. The van der Waals surface area contributed by atoms with Gasteiger partial charge in [-0.1, -0.05) is 6.92 Å². The van der Waals surface area contributed by atoms with Crippen molar-refractivity contribution in [3.63, 3.8) is 0 Å². The highest BCUT2D eigenvalue weighted by Crippen LogP contribution is 2.05. The second-order valence-electron chi connectivity index (χ2n) is 2.88. The van der Waals surface area contributed by atoms with Crippen LogP contribution in [0.15, 0.2) is 12.4 Å². The maximum atomic E-state index is 12.5. The Hall–Kier alpha value is -1.63. The van der Waals surface area contributed by atoms with Gasteiger partial charge >= 0.3 is 0 Å². The van der Waals surface area contributed by atoms with Gasteiger partial charge in [0.2, 0.25) is 5.95 Å². The average molecular weight is 193 g/mol. The molecule has 0 aromatic carbocycles. The van der Waals surface area contributed by atoms with Crippen LogP contribution in [-0.2, 0) is 0 Å². The Balaban J connectivity index is 2.59. The van der Waals surface area contributed by atoms with Crippen molar-refractivity contribution < 1.29 is 4.39 Å². The van der Waals surface area contributed by atoms with Crippen LogP contribution in [-0.4, -0.2) is 16.0 Å². The SMILES string of the molecule is C#CCC(CC)Nc1ncc(F)cn1. The summed E-state index contributed by atoms with van der Waals surface area (Å²) in [6.07, 6.45) is 8.93. The molecule has 0 aliphatic rings. The van der Waals surface area contributed by atoms with E-state index in [1.807, 2.05) is 6.92 Å². The Kier molecular flexibility index (Phi) is 3.86. The molecule has 0 saturated heterocycles. The maximum absolute atomic E-state index is 12.5. The van der Waals surface area contributed by atoms with E-state index in [-0.39, 0.29) is 6.04 Å². The van der Waals surface area contributed by atoms with Crippen LogP contribution in [0, 0.1) is 18.2 Å². The largest absolute Gasteiger partial charge is 0.351 e. The summed E-state index contributed by atoms with van der Waals surface area (Å²) < 4.78 is 12.5. The van der Waals surface area contributed by atoms with Crippen molar-refractivity contribution in [1.29, 1.82) is 0 Å². The predicted octanol–water partition coefficient (Wildman–Crippen LogP) is 1.83. The Morgan fingerprint density at radius 1 is 1.57 bits per heavy atom. The summed E-state index contributed by atoms with van der Waals surface area (Å²) in [5, 5.41) is 3.03. The van der Waals surface area contributed by atoms with E-state index in [1.54, 1.807) is 0 Å². The number of rotatable bonds is 4. The first-order valence-electron chi connectivity index (χ1n) is 4.43. The summed E-state index contributed by atoms with van der Waals surface area (Å²) in [5.41, 5.74) is 0. The number of nitrogens with one attached hydrogen (secondary N) is 1. The van der Waals surface area contributed by atoms with Gasteiger partial charge in [0, 0.05) is 12.5 Å². The molecule has 1 aromatic rings. The summed E-state index contributed by atoms with van der Waals surface area (Å²) in [6.45, 7) is 2.01. The monoisotopic (exact) mass is 193 g/mol. The van der Waals surface area contributed by atoms with Gasteiger partial charge in [0.05, 0.1) is 12.4 Å². The summed E-state index contributed by atoms with van der Waals surface area (Å²) in [6, 6.07) is 0.144. The molecular formula is C10H12FN3. The van der Waals surface area contributed by atoms with Gasteiger partial charge in [-0.2, -0.15) is 0 Å². The minimum absolute atomic E-state index is 0.144. The Morgan fingerprint density at radius 2 is 2.21 bits per heavy atom. The molecule has 1 unspecified atom stereocenters. The van der Waals surface area contributed by atoms with Crippen LogP contribution >= 0.6 is 0 Å². The Morgan fingerprint density at radius 3 is 2.71 bits per heavy atom. The van der Waals surface area contributed by atoms with Crippen LogP contribution in [0.5, 0.6) is 0 Å². The van der Waals surface area contributed by atoms with E-state index < -0.39 is 5.82 Å². The van der Waals surface area contributed by atoms with Crippen molar-refractivity contribution in [2.75, 3.05) is 5.32 Å². The number of aromatic nitrogens is 2. The first kappa shape index (κ1) is 10.5. The molecular weight excluding hydrogens is 181 g/mol. The van der Waals surface area contributed by atoms with Gasteiger partial charge in [0.25, 0.3) is 0 Å². The third-order valence-electron chi connectivity index (χ3n) is 1.81. The van der Waals surface area contributed by atoms with Crippen molar-refractivity contribution in [3.8, 4) is 12.3 Å². The molecule has 3 nitrogen and oxygen atoms in total. The summed E-state index contributed by atoms with van der Waals surface area (Å²) >= 11 is 0. The summed E-state index contributed by atoms with van der Waals surface area (Å²) in [7, 11) is 0. The molecule has 0 aliphatic carbocycles. The van der Waals surface area contributed by atoms with Crippen molar-refractivity contribution in [2.45, 2.75) is 25.8 Å². The lowest BCUT2D eigenvalue weighted by Gasteiger charge is -2.13.